The molecular formula is C13H20N2O3. The molecule has 0 aliphatic heterocycles. The van der Waals surface area contributed by atoms with Gasteiger partial charge in [0.2, 0.25) is 5.76 Å². The molecule has 2 rings (SSSR count). The summed E-state index contributed by atoms with van der Waals surface area (Å²) in [6, 6.07) is 0. The first-order chi connectivity index (χ1) is 8.61. The van der Waals surface area contributed by atoms with Crippen LogP contribution in [0.15, 0.2) is 4.42 Å². The topological polar surface area (TPSA) is 75.4 Å². The quantitative estimate of drug-likeness (QED) is 0.850. The van der Waals surface area contributed by atoms with Gasteiger partial charge in [-0.2, -0.15) is 0 Å². The van der Waals surface area contributed by atoms with Crippen LogP contribution in [-0.4, -0.2) is 29.1 Å². The van der Waals surface area contributed by atoms with E-state index in [2.05, 4.69) is 10.3 Å². The van der Waals surface area contributed by atoms with Gasteiger partial charge in [0.25, 0.3) is 5.91 Å². The smallest absolute Gasteiger partial charge is 0.289 e. The van der Waals surface area contributed by atoms with Crippen LogP contribution in [0.2, 0.25) is 0 Å². The van der Waals surface area contributed by atoms with Crippen molar-refractivity contribution in [3.8, 4) is 0 Å². The Morgan fingerprint density at radius 3 is 2.78 bits per heavy atom. The Bertz CT molecular complexity index is 428. The van der Waals surface area contributed by atoms with Crippen molar-refractivity contribution in [2.75, 3.05) is 13.2 Å². The molecule has 2 unspecified atom stereocenters. The first-order valence-corrected chi connectivity index (χ1v) is 6.45. The molecule has 0 saturated heterocycles. The van der Waals surface area contributed by atoms with Crippen molar-refractivity contribution in [3.63, 3.8) is 0 Å². The minimum absolute atomic E-state index is 0.209. The van der Waals surface area contributed by atoms with Crippen LogP contribution < -0.4 is 5.32 Å². The maximum absolute atomic E-state index is 11.9. The third-order valence-electron chi connectivity index (χ3n) is 3.69. The lowest BCUT2D eigenvalue weighted by Crippen LogP contribution is -2.31. The van der Waals surface area contributed by atoms with E-state index in [1.54, 1.807) is 13.8 Å². The number of carbonyl (C=O) groups excluding carboxylic acids is 1. The van der Waals surface area contributed by atoms with Crippen LogP contribution >= 0.6 is 0 Å². The molecule has 1 heterocycles. The molecule has 1 aromatic heterocycles. The summed E-state index contributed by atoms with van der Waals surface area (Å²) < 4.78 is 5.27. The number of oxazole rings is 1. The lowest BCUT2D eigenvalue weighted by atomic mass is 9.97. The fraction of sp³-hybridized carbons (Fsp3) is 0.692. The number of amides is 1. The van der Waals surface area contributed by atoms with E-state index in [0.717, 1.165) is 19.3 Å². The van der Waals surface area contributed by atoms with Crippen LogP contribution in [0.3, 0.4) is 0 Å². The maximum atomic E-state index is 11.9. The zero-order valence-electron chi connectivity index (χ0n) is 10.9. The lowest BCUT2D eigenvalue weighted by molar-refractivity contribution is 0.0908. The summed E-state index contributed by atoms with van der Waals surface area (Å²) in [6.07, 6.45) is 3.25. The Balaban J connectivity index is 1.90. The molecule has 1 fully saturated rings. The van der Waals surface area contributed by atoms with Gasteiger partial charge in [0.05, 0.1) is 5.69 Å². The molecule has 1 aromatic rings. The van der Waals surface area contributed by atoms with Crippen LogP contribution in [0.25, 0.3) is 0 Å². The van der Waals surface area contributed by atoms with Gasteiger partial charge in [-0.1, -0.05) is 6.42 Å². The zero-order valence-corrected chi connectivity index (χ0v) is 10.9. The first-order valence-electron chi connectivity index (χ1n) is 6.45. The second kappa shape index (κ2) is 5.52. The standard InChI is InChI=1S/C13H20N2O3/c1-8-12(18-9(2)15-8)13(17)14-6-10-4-3-5-11(10)7-16/h10-11,16H,3-7H2,1-2H3,(H,14,17). The van der Waals surface area contributed by atoms with Crippen LogP contribution in [0.5, 0.6) is 0 Å². The highest BCUT2D eigenvalue weighted by atomic mass is 16.4. The first kappa shape index (κ1) is 13.1. The number of rotatable bonds is 4. The van der Waals surface area contributed by atoms with E-state index in [1.807, 2.05) is 0 Å². The number of aliphatic hydroxyl groups excluding tert-OH is 1. The van der Waals surface area contributed by atoms with Gasteiger partial charge in [-0.05, 0) is 31.6 Å². The molecule has 1 aliphatic carbocycles. The fourth-order valence-corrected chi connectivity index (χ4v) is 2.67. The van der Waals surface area contributed by atoms with Gasteiger partial charge in [-0.15, -0.1) is 0 Å². The van der Waals surface area contributed by atoms with Crippen molar-refractivity contribution < 1.29 is 14.3 Å². The van der Waals surface area contributed by atoms with Crippen molar-refractivity contribution in [1.82, 2.24) is 10.3 Å². The monoisotopic (exact) mass is 252 g/mol. The van der Waals surface area contributed by atoms with E-state index in [0.29, 0.717) is 35.7 Å². The summed E-state index contributed by atoms with van der Waals surface area (Å²) in [5.74, 6) is 1.29. The highest BCUT2D eigenvalue weighted by molar-refractivity contribution is 5.92. The number of aliphatic hydroxyl groups is 1. The number of carbonyl (C=O) groups is 1. The molecule has 1 aliphatic rings. The molecule has 0 aromatic carbocycles. The molecule has 0 spiro atoms. The molecule has 100 valence electrons. The fourth-order valence-electron chi connectivity index (χ4n) is 2.67. The van der Waals surface area contributed by atoms with Gasteiger partial charge in [0, 0.05) is 20.1 Å². The van der Waals surface area contributed by atoms with Crippen LogP contribution in [0.1, 0.15) is 41.4 Å². The molecule has 0 radical (unpaired) electrons. The summed E-state index contributed by atoms with van der Waals surface area (Å²) in [7, 11) is 0. The highest BCUT2D eigenvalue weighted by Crippen LogP contribution is 2.30. The number of hydrogen-bond acceptors (Lipinski definition) is 4. The summed E-state index contributed by atoms with van der Waals surface area (Å²) in [6.45, 7) is 4.30. The molecule has 1 saturated carbocycles. The average Bonchev–Trinajstić information content (AvgIpc) is 2.92. The van der Waals surface area contributed by atoms with Gasteiger partial charge in [-0.3, -0.25) is 4.79 Å². The molecular weight excluding hydrogens is 232 g/mol. The number of aryl methyl sites for hydroxylation is 2. The SMILES string of the molecule is Cc1nc(C)c(C(=O)NCC2CCCC2CO)o1. The van der Waals surface area contributed by atoms with E-state index in [4.69, 9.17) is 4.42 Å². The molecule has 0 bridgehead atoms. The second-order valence-corrected chi connectivity index (χ2v) is 4.99. The number of nitrogens with one attached hydrogen (secondary N) is 1. The van der Waals surface area contributed by atoms with Crippen molar-refractivity contribution in [1.29, 1.82) is 0 Å². The van der Waals surface area contributed by atoms with Gasteiger partial charge >= 0.3 is 0 Å². The normalized spacial score (nSPS) is 23.3. The minimum Gasteiger partial charge on any atom is -0.436 e. The lowest BCUT2D eigenvalue weighted by Gasteiger charge is -2.17. The van der Waals surface area contributed by atoms with Gasteiger partial charge in [0.15, 0.2) is 5.89 Å². The Hall–Kier alpha value is -1.36. The van der Waals surface area contributed by atoms with Gasteiger partial charge in [0.1, 0.15) is 0 Å². The molecule has 5 heteroatoms. The Labute approximate surface area is 107 Å². The Morgan fingerprint density at radius 1 is 1.44 bits per heavy atom. The molecule has 2 N–H and O–H groups in total. The van der Waals surface area contributed by atoms with E-state index in [9.17, 15) is 9.90 Å². The van der Waals surface area contributed by atoms with Crippen LogP contribution in [0, 0.1) is 25.7 Å². The summed E-state index contributed by atoms with van der Waals surface area (Å²) in [4.78, 5) is 16.0. The average molecular weight is 252 g/mol. The predicted molar refractivity (Wildman–Crippen MR) is 66.2 cm³/mol. The van der Waals surface area contributed by atoms with Gasteiger partial charge in [-0.25, -0.2) is 4.98 Å². The number of nitrogens with zero attached hydrogens (tertiary/aromatic N) is 1. The van der Waals surface area contributed by atoms with Crippen molar-refractivity contribution >= 4 is 5.91 Å². The third-order valence-corrected chi connectivity index (χ3v) is 3.69. The van der Waals surface area contributed by atoms with Crippen molar-refractivity contribution in [2.24, 2.45) is 11.8 Å². The summed E-state index contributed by atoms with van der Waals surface area (Å²) >= 11 is 0. The van der Waals surface area contributed by atoms with E-state index < -0.39 is 0 Å². The summed E-state index contributed by atoms with van der Waals surface area (Å²) in [5, 5.41) is 12.1. The van der Waals surface area contributed by atoms with Crippen LogP contribution in [-0.2, 0) is 0 Å². The summed E-state index contributed by atoms with van der Waals surface area (Å²) in [5.41, 5.74) is 0.620. The van der Waals surface area contributed by atoms with E-state index >= 15 is 0 Å². The minimum atomic E-state index is -0.211. The maximum Gasteiger partial charge on any atom is 0.289 e. The molecule has 18 heavy (non-hydrogen) atoms. The molecule has 5 nitrogen and oxygen atoms in total. The zero-order chi connectivity index (χ0) is 13.1. The second-order valence-electron chi connectivity index (χ2n) is 4.99. The third kappa shape index (κ3) is 2.72. The highest BCUT2D eigenvalue weighted by Gasteiger charge is 2.27. The van der Waals surface area contributed by atoms with Crippen molar-refractivity contribution in [3.05, 3.63) is 17.3 Å². The van der Waals surface area contributed by atoms with Crippen LogP contribution in [0.4, 0.5) is 0 Å². The van der Waals surface area contributed by atoms with E-state index in [-0.39, 0.29) is 12.5 Å². The number of aromatic nitrogens is 1. The Kier molecular flexibility index (Phi) is 4.01. The largest absolute Gasteiger partial charge is 0.436 e. The molecule has 2 atom stereocenters. The van der Waals surface area contributed by atoms with Crippen molar-refractivity contribution in [2.45, 2.75) is 33.1 Å². The predicted octanol–water partition coefficient (Wildman–Crippen LogP) is 1.43. The number of hydrogen-bond donors (Lipinski definition) is 2. The van der Waals surface area contributed by atoms with E-state index in [1.165, 1.54) is 0 Å². The molecule has 1 amide bonds. The van der Waals surface area contributed by atoms with Gasteiger partial charge < -0.3 is 14.8 Å². The Morgan fingerprint density at radius 2 is 2.17 bits per heavy atom.